The summed E-state index contributed by atoms with van der Waals surface area (Å²) in [6.45, 7) is 32.3. The number of hydrogen-bond acceptors (Lipinski definition) is 6. The SMILES string of the molecule is C/C(=C\COC(CO)COCCCCCCCCCCCCCC[C@H](C)CC[C@@H](C)CCCCCCCCCCCCCCOC[C@@H](CO)OC/C=C(\C)CCC[C@H](C)CCC[C@H](C)CCCC(C)C)CCC[C@H](C)CCC[C@H](C)CCCC(C)C. The Bertz CT molecular complexity index is 1310. The molecule has 0 aromatic rings. The first-order valence-electron chi connectivity index (χ1n) is 38.6. The van der Waals surface area contributed by atoms with Gasteiger partial charge in [-0.2, -0.15) is 0 Å². The van der Waals surface area contributed by atoms with Gasteiger partial charge in [0.25, 0.3) is 0 Å². The molecule has 1 unspecified atom stereocenters. The van der Waals surface area contributed by atoms with Crippen LogP contribution in [0.15, 0.2) is 23.3 Å². The zero-order valence-corrected chi connectivity index (χ0v) is 60.6. The Morgan fingerprint density at radius 1 is 0.279 bits per heavy atom. The molecule has 2 N–H and O–H groups in total. The number of rotatable bonds is 69. The predicted molar refractivity (Wildman–Crippen MR) is 380 cm³/mol. The number of hydrogen-bond donors (Lipinski definition) is 2. The normalized spacial score (nSPS) is 15.4. The lowest BCUT2D eigenvalue weighted by atomic mass is 9.91. The number of ether oxygens (including phenoxy) is 4. The zero-order valence-electron chi connectivity index (χ0n) is 60.6. The van der Waals surface area contributed by atoms with Gasteiger partial charge >= 0.3 is 0 Å². The first kappa shape index (κ1) is 85.2. The van der Waals surface area contributed by atoms with E-state index in [4.69, 9.17) is 18.9 Å². The maximum Gasteiger partial charge on any atom is 0.104 e. The number of aliphatic hydroxyl groups excluding tert-OH is 2. The third kappa shape index (κ3) is 63.4. The van der Waals surface area contributed by atoms with Crippen molar-refractivity contribution in [3.8, 4) is 0 Å². The summed E-state index contributed by atoms with van der Waals surface area (Å²) in [5.74, 6) is 6.86. The predicted octanol–water partition coefficient (Wildman–Crippen LogP) is 24.7. The molecule has 0 amide bonds. The van der Waals surface area contributed by atoms with Gasteiger partial charge in [-0.05, 0) is 99.7 Å². The summed E-state index contributed by atoms with van der Waals surface area (Å²) in [4.78, 5) is 0. The zero-order chi connectivity index (χ0) is 63.4. The second-order valence-corrected chi connectivity index (χ2v) is 30.1. The topological polar surface area (TPSA) is 77.4 Å². The van der Waals surface area contributed by atoms with Crippen molar-refractivity contribution in [1.29, 1.82) is 0 Å². The molecule has 0 fully saturated rings. The van der Waals surface area contributed by atoms with Gasteiger partial charge in [-0.3, -0.25) is 0 Å². The Morgan fingerprint density at radius 3 is 0.791 bits per heavy atom. The highest BCUT2D eigenvalue weighted by atomic mass is 16.5. The van der Waals surface area contributed by atoms with Crippen molar-refractivity contribution in [3.63, 3.8) is 0 Å². The molecule has 0 radical (unpaired) electrons. The van der Waals surface area contributed by atoms with Crippen LogP contribution in [0.2, 0.25) is 0 Å². The molecule has 0 aromatic carbocycles. The standard InChI is InChI=1S/C80H158O6/c1-69(2)43-37-47-71(5)49-39-51-73(7)53-41-55-77(11)59-63-85-79(65-81)67-83-61-35-31-27-23-19-15-13-17-21-25-29-33-45-75(9)57-58-76(10)46-34-30-26-22-18-14-16-20-24-28-32-36-62-84-68-80(66-82)86-64-60-78(12)56-42-54-74(8)52-40-50-72(6)48-38-44-70(3)4/h59-60,69-76,79-82H,13-58,61-68H2,1-12H3/b77-59+,78-60+/t71-,72-,73-,74-,75+,76+,79-,80?/m1/s1. The van der Waals surface area contributed by atoms with Crippen LogP contribution in [0.5, 0.6) is 0 Å². The Balaban J connectivity index is 3.57. The molecule has 0 bridgehead atoms. The van der Waals surface area contributed by atoms with Crippen molar-refractivity contribution in [2.24, 2.45) is 47.3 Å². The van der Waals surface area contributed by atoms with E-state index in [1.807, 2.05) is 0 Å². The number of aliphatic hydroxyl groups is 2. The number of unbranched alkanes of at least 4 members (excludes halogenated alkanes) is 22. The molecule has 0 aliphatic carbocycles. The third-order valence-electron chi connectivity index (χ3n) is 19.4. The summed E-state index contributed by atoms with van der Waals surface area (Å²) in [6, 6.07) is 0. The minimum atomic E-state index is -0.228. The minimum absolute atomic E-state index is 0.0207. The molecule has 0 spiro atoms. The average Bonchev–Trinajstić information content (AvgIpc) is 3.47. The maximum absolute atomic E-state index is 9.82. The van der Waals surface area contributed by atoms with Gasteiger partial charge in [-0.15, -0.1) is 0 Å². The minimum Gasteiger partial charge on any atom is -0.394 e. The van der Waals surface area contributed by atoms with Gasteiger partial charge in [-0.1, -0.05) is 349 Å². The van der Waals surface area contributed by atoms with Crippen LogP contribution < -0.4 is 0 Å². The van der Waals surface area contributed by atoms with Crippen molar-refractivity contribution in [2.45, 2.75) is 391 Å². The first-order valence-corrected chi connectivity index (χ1v) is 38.6. The van der Waals surface area contributed by atoms with Crippen LogP contribution in [0.1, 0.15) is 378 Å². The highest BCUT2D eigenvalue weighted by Gasteiger charge is 2.13. The maximum atomic E-state index is 9.82. The van der Waals surface area contributed by atoms with E-state index in [9.17, 15) is 10.2 Å². The molecule has 0 aliphatic rings. The van der Waals surface area contributed by atoms with Crippen LogP contribution in [0.25, 0.3) is 0 Å². The number of allylic oxidation sites excluding steroid dienone is 2. The van der Waals surface area contributed by atoms with Crippen LogP contribution in [0.3, 0.4) is 0 Å². The molecule has 514 valence electrons. The molecule has 0 saturated carbocycles. The van der Waals surface area contributed by atoms with E-state index < -0.39 is 0 Å². The Labute approximate surface area is 540 Å². The van der Waals surface area contributed by atoms with Gasteiger partial charge in [-0.25, -0.2) is 0 Å². The van der Waals surface area contributed by atoms with Crippen molar-refractivity contribution in [3.05, 3.63) is 23.3 Å². The van der Waals surface area contributed by atoms with E-state index in [1.165, 1.54) is 281 Å². The molecular weight excluding hydrogens is 1060 g/mol. The third-order valence-corrected chi connectivity index (χ3v) is 19.4. The molecule has 0 rings (SSSR count). The highest BCUT2D eigenvalue weighted by Crippen LogP contribution is 2.26. The molecule has 0 aliphatic heterocycles. The second kappa shape index (κ2) is 64.3. The Morgan fingerprint density at radius 2 is 0.512 bits per heavy atom. The first-order chi connectivity index (χ1) is 41.6. The fourth-order valence-electron chi connectivity index (χ4n) is 12.8. The lowest BCUT2D eigenvalue weighted by Gasteiger charge is -2.16. The molecule has 8 atom stereocenters. The summed E-state index contributed by atoms with van der Waals surface area (Å²) < 4.78 is 23.7. The summed E-state index contributed by atoms with van der Waals surface area (Å²) in [5, 5.41) is 19.6. The van der Waals surface area contributed by atoms with Crippen LogP contribution >= 0.6 is 0 Å². The largest absolute Gasteiger partial charge is 0.394 e. The molecule has 0 saturated heterocycles. The van der Waals surface area contributed by atoms with Crippen molar-refractivity contribution < 1.29 is 29.2 Å². The lowest BCUT2D eigenvalue weighted by molar-refractivity contribution is -0.0333. The van der Waals surface area contributed by atoms with E-state index in [0.717, 1.165) is 86.2 Å². The highest BCUT2D eigenvalue weighted by molar-refractivity contribution is 4.98. The molecule has 0 aromatic heterocycles. The van der Waals surface area contributed by atoms with E-state index >= 15 is 0 Å². The fraction of sp³-hybridized carbons (Fsp3) is 0.950. The van der Waals surface area contributed by atoms with Crippen LogP contribution in [-0.4, -0.2) is 75.3 Å². The average molecular weight is 1220 g/mol. The second-order valence-electron chi connectivity index (χ2n) is 30.1. The van der Waals surface area contributed by atoms with Gasteiger partial charge in [0.1, 0.15) is 12.2 Å². The summed E-state index contributed by atoms with van der Waals surface area (Å²) >= 11 is 0. The quantitative estimate of drug-likeness (QED) is 0.0467. The van der Waals surface area contributed by atoms with E-state index in [2.05, 4.69) is 95.2 Å². The molecule has 6 nitrogen and oxygen atoms in total. The van der Waals surface area contributed by atoms with E-state index in [0.29, 0.717) is 26.4 Å². The van der Waals surface area contributed by atoms with E-state index in [1.54, 1.807) is 0 Å². The molecule has 86 heavy (non-hydrogen) atoms. The summed E-state index contributed by atoms with van der Waals surface area (Å²) in [7, 11) is 0. The molecule has 6 heteroatoms. The van der Waals surface area contributed by atoms with Crippen molar-refractivity contribution in [1.82, 2.24) is 0 Å². The van der Waals surface area contributed by atoms with Gasteiger partial charge in [0.2, 0.25) is 0 Å². The van der Waals surface area contributed by atoms with Crippen molar-refractivity contribution in [2.75, 3.05) is 52.9 Å². The lowest BCUT2D eigenvalue weighted by Crippen LogP contribution is -2.24. The Hall–Kier alpha value is -0.760. The fourth-order valence-corrected chi connectivity index (χ4v) is 12.8. The monoisotopic (exact) mass is 1220 g/mol. The van der Waals surface area contributed by atoms with Crippen LogP contribution in [-0.2, 0) is 18.9 Å². The Kier molecular flexibility index (Phi) is 63.8. The van der Waals surface area contributed by atoms with Gasteiger partial charge in [0, 0.05) is 13.2 Å². The van der Waals surface area contributed by atoms with Gasteiger partial charge < -0.3 is 29.2 Å². The molecule has 0 heterocycles. The smallest absolute Gasteiger partial charge is 0.104 e. The molecular formula is C80H158O6. The summed E-state index contributed by atoms with van der Waals surface area (Å²) in [6.07, 6.45) is 66.4. The van der Waals surface area contributed by atoms with Crippen LogP contribution in [0.4, 0.5) is 0 Å². The van der Waals surface area contributed by atoms with E-state index in [-0.39, 0.29) is 25.4 Å². The van der Waals surface area contributed by atoms with Gasteiger partial charge in [0.15, 0.2) is 0 Å². The summed E-state index contributed by atoms with van der Waals surface area (Å²) in [5.41, 5.74) is 2.81. The van der Waals surface area contributed by atoms with Crippen molar-refractivity contribution >= 4 is 0 Å². The van der Waals surface area contributed by atoms with Crippen LogP contribution in [0, 0.1) is 47.3 Å². The van der Waals surface area contributed by atoms with Gasteiger partial charge in [0.05, 0.1) is 39.6 Å².